The molecule has 0 radical (unpaired) electrons. The van der Waals surface area contributed by atoms with Crippen molar-refractivity contribution in [1.29, 1.82) is 0 Å². The number of carbonyl (C=O) groups excluding carboxylic acids is 1. The summed E-state index contributed by atoms with van der Waals surface area (Å²) >= 11 is 5.75. The molecule has 0 saturated carbocycles. The Bertz CT molecular complexity index is 184. The monoisotopic (exact) mass is 204 g/mol. The number of carbonyl (C=O) groups is 1. The average Bonchev–Trinajstić information content (AvgIpc) is 2.28. The molecule has 1 atom stereocenters. The largest absolute Gasteiger partial charge is 0.340 e. The zero-order valence-corrected chi connectivity index (χ0v) is 9.05. The van der Waals surface area contributed by atoms with Gasteiger partial charge in [0, 0.05) is 19.6 Å². The van der Waals surface area contributed by atoms with Crippen molar-refractivity contribution >= 4 is 17.5 Å². The molecule has 0 N–H and O–H groups in total. The molecule has 1 aliphatic heterocycles. The van der Waals surface area contributed by atoms with E-state index in [-0.39, 0.29) is 11.3 Å². The summed E-state index contributed by atoms with van der Waals surface area (Å²) in [5.74, 6) is 0.0666. The molecule has 0 spiro atoms. The second-order valence-corrected chi connectivity index (χ2v) is 4.25. The van der Waals surface area contributed by atoms with Gasteiger partial charge in [0.05, 0.1) is 0 Å². The van der Waals surface area contributed by atoms with Crippen molar-refractivity contribution in [3.63, 3.8) is 0 Å². The highest BCUT2D eigenvalue weighted by molar-refractivity contribution is 6.30. The van der Waals surface area contributed by atoms with E-state index in [2.05, 4.69) is 11.9 Å². The van der Waals surface area contributed by atoms with E-state index in [0.29, 0.717) is 0 Å². The Kier molecular flexibility index (Phi) is 4.00. The minimum atomic E-state index is -0.386. The van der Waals surface area contributed by atoms with Crippen LogP contribution in [-0.4, -0.2) is 54.3 Å². The van der Waals surface area contributed by atoms with Gasteiger partial charge < -0.3 is 9.80 Å². The van der Waals surface area contributed by atoms with Crippen LogP contribution in [0.2, 0.25) is 0 Å². The minimum Gasteiger partial charge on any atom is -0.340 e. The number of nitrogens with zero attached hydrogens (tertiary/aromatic N) is 2. The second-order valence-electron chi connectivity index (χ2n) is 3.60. The number of likely N-dealkylation sites (N-methyl/N-ethyl adjacent to an activating group) is 1. The van der Waals surface area contributed by atoms with Crippen molar-refractivity contribution < 1.29 is 4.79 Å². The fraction of sp³-hybridized carbons (Fsp3) is 0.889. The highest BCUT2D eigenvalue weighted by Crippen LogP contribution is 2.06. The summed E-state index contributed by atoms with van der Waals surface area (Å²) in [5, 5.41) is -0.386. The molecule has 1 fully saturated rings. The van der Waals surface area contributed by atoms with Crippen LogP contribution in [0.1, 0.15) is 13.3 Å². The van der Waals surface area contributed by atoms with Crippen LogP contribution in [-0.2, 0) is 4.79 Å². The summed E-state index contributed by atoms with van der Waals surface area (Å²) < 4.78 is 0. The lowest BCUT2D eigenvalue weighted by Crippen LogP contribution is -2.38. The summed E-state index contributed by atoms with van der Waals surface area (Å²) in [6, 6.07) is 0. The van der Waals surface area contributed by atoms with E-state index in [1.54, 1.807) is 6.92 Å². The molecule has 1 aliphatic rings. The molecular weight excluding hydrogens is 188 g/mol. The lowest BCUT2D eigenvalue weighted by molar-refractivity contribution is -0.130. The van der Waals surface area contributed by atoms with Gasteiger partial charge >= 0.3 is 0 Å². The normalized spacial score (nSPS) is 22.5. The van der Waals surface area contributed by atoms with Gasteiger partial charge in [0.1, 0.15) is 5.38 Å². The van der Waals surface area contributed by atoms with Gasteiger partial charge in [-0.2, -0.15) is 0 Å². The van der Waals surface area contributed by atoms with Gasteiger partial charge in [0.25, 0.3) is 0 Å². The average molecular weight is 205 g/mol. The second kappa shape index (κ2) is 4.82. The molecular formula is C9H17ClN2O. The molecule has 4 heteroatoms. The van der Waals surface area contributed by atoms with Gasteiger partial charge in [-0.05, 0) is 26.9 Å². The predicted octanol–water partition coefficient (Wildman–Crippen LogP) is 0.778. The predicted molar refractivity (Wildman–Crippen MR) is 54.0 cm³/mol. The SMILES string of the molecule is C[C@@H](Cl)C(=O)N1CCCN(C)CC1. The zero-order chi connectivity index (χ0) is 9.84. The standard InChI is InChI=1S/C9H17ClN2O/c1-8(10)9(13)12-5-3-4-11(2)6-7-12/h8H,3-7H2,1-2H3/t8-/m1/s1. The van der Waals surface area contributed by atoms with E-state index in [0.717, 1.165) is 32.6 Å². The van der Waals surface area contributed by atoms with Crippen LogP contribution in [0.25, 0.3) is 0 Å². The maximum atomic E-state index is 11.5. The molecule has 76 valence electrons. The molecule has 13 heavy (non-hydrogen) atoms. The summed E-state index contributed by atoms with van der Waals surface area (Å²) in [6.07, 6.45) is 1.05. The first-order valence-corrected chi connectivity index (χ1v) is 5.16. The van der Waals surface area contributed by atoms with Crippen LogP contribution in [0.5, 0.6) is 0 Å². The smallest absolute Gasteiger partial charge is 0.240 e. The first kappa shape index (κ1) is 10.8. The van der Waals surface area contributed by atoms with Crippen molar-refractivity contribution in [2.24, 2.45) is 0 Å². The highest BCUT2D eigenvalue weighted by Gasteiger charge is 2.20. The van der Waals surface area contributed by atoms with Gasteiger partial charge in [-0.15, -0.1) is 11.6 Å². The Morgan fingerprint density at radius 2 is 2.00 bits per heavy atom. The van der Waals surface area contributed by atoms with Crippen molar-refractivity contribution in [3.8, 4) is 0 Å². The third-order valence-electron chi connectivity index (χ3n) is 2.37. The van der Waals surface area contributed by atoms with Crippen molar-refractivity contribution in [3.05, 3.63) is 0 Å². The first-order chi connectivity index (χ1) is 6.11. The Balaban J connectivity index is 2.46. The Morgan fingerprint density at radius 3 is 2.62 bits per heavy atom. The summed E-state index contributed by atoms with van der Waals surface area (Å²) in [5.41, 5.74) is 0. The van der Waals surface area contributed by atoms with Crippen LogP contribution >= 0.6 is 11.6 Å². The fourth-order valence-electron chi connectivity index (χ4n) is 1.52. The molecule has 0 unspecified atom stereocenters. The number of hydrogen-bond acceptors (Lipinski definition) is 2. The quantitative estimate of drug-likeness (QED) is 0.590. The van der Waals surface area contributed by atoms with Gasteiger partial charge in [-0.3, -0.25) is 4.79 Å². The number of rotatable bonds is 1. The van der Waals surface area contributed by atoms with E-state index in [4.69, 9.17) is 11.6 Å². The van der Waals surface area contributed by atoms with Gasteiger partial charge in [-0.1, -0.05) is 0 Å². The van der Waals surface area contributed by atoms with E-state index in [1.807, 2.05) is 4.90 Å². The van der Waals surface area contributed by atoms with Crippen molar-refractivity contribution in [1.82, 2.24) is 9.80 Å². The maximum Gasteiger partial charge on any atom is 0.240 e. The Hall–Kier alpha value is -0.280. The van der Waals surface area contributed by atoms with Crippen LogP contribution < -0.4 is 0 Å². The van der Waals surface area contributed by atoms with Gasteiger partial charge in [0.2, 0.25) is 5.91 Å². The van der Waals surface area contributed by atoms with E-state index in [1.165, 1.54) is 0 Å². The number of hydrogen-bond donors (Lipinski definition) is 0. The van der Waals surface area contributed by atoms with Crippen molar-refractivity contribution in [2.45, 2.75) is 18.7 Å². The van der Waals surface area contributed by atoms with Crippen LogP contribution in [0.4, 0.5) is 0 Å². The molecule has 0 aromatic rings. The van der Waals surface area contributed by atoms with Crippen LogP contribution in [0, 0.1) is 0 Å². The molecule has 3 nitrogen and oxygen atoms in total. The lowest BCUT2D eigenvalue weighted by Gasteiger charge is -2.21. The van der Waals surface area contributed by atoms with E-state index >= 15 is 0 Å². The Morgan fingerprint density at radius 1 is 1.31 bits per heavy atom. The van der Waals surface area contributed by atoms with E-state index in [9.17, 15) is 4.79 Å². The molecule has 0 aromatic carbocycles. The molecule has 1 rings (SSSR count). The van der Waals surface area contributed by atoms with E-state index < -0.39 is 0 Å². The first-order valence-electron chi connectivity index (χ1n) is 4.72. The van der Waals surface area contributed by atoms with Gasteiger partial charge in [-0.25, -0.2) is 0 Å². The van der Waals surface area contributed by atoms with Crippen LogP contribution in [0.15, 0.2) is 0 Å². The summed E-state index contributed by atoms with van der Waals surface area (Å²) in [7, 11) is 2.08. The number of alkyl halides is 1. The minimum absolute atomic E-state index is 0.0666. The van der Waals surface area contributed by atoms with Crippen LogP contribution in [0.3, 0.4) is 0 Å². The lowest BCUT2D eigenvalue weighted by atomic mass is 10.3. The third-order valence-corrected chi connectivity index (χ3v) is 2.56. The summed E-state index contributed by atoms with van der Waals surface area (Å²) in [6.45, 7) is 5.42. The molecule has 1 heterocycles. The number of amides is 1. The van der Waals surface area contributed by atoms with Crippen molar-refractivity contribution in [2.75, 3.05) is 33.2 Å². The van der Waals surface area contributed by atoms with Gasteiger partial charge in [0.15, 0.2) is 0 Å². The fourth-order valence-corrected chi connectivity index (χ4v) is 1.66. The summed E-state index contributed by atoms with van der Waals surface area (Å²) in [4.78, 5) is 15.6. The molecule has 0 bridgehead atoms. The topological polar surface area (TPSA) is 23.6 Å². The molecule has 1 saturated heterocycles. The molecule has 1 amide bonds. The molecule has 0 aliphatic carbocycles. The Labute approximate surface area is 84.6 Å². The third kappa shape index (κ3) is 3.16. The zero-order valence-electron chi connectivity index (χ0n) is 8.29. The number of halogens is 1. The molecule has 0 aromatic heterocycles. The highest BCUT2D eigenvalue weighted by atomic mass is 35.5. The maximum absolute atomic E-state index is 11.5.